The summed E-state index contributed by atoms with van der Waals surface area (Å²) in [6.07, 6.45) is 0. The van der Waals surface area contributed by atoms with E-state index in [9.17, 15) is 4.39 Å². The average Bonchev–Trinajstić information content (AvgIpc) is 1.38. The van der Waals surface area contributed by atoms with E-state index in [0.29, 0.717) is 0 Å². The summed E-state index contributed by atoms with van der Waals surface area (Å²) in [6.45, 7) is 3.25. The van der Waals surface area contributed by atoms with Gasteiger partial charge < -0.3 is 0 Å². The standard InChI is InChI=1S/C4H8F/c1-4(2)3-5/h3H2,1-2H3. The molecule has 0 aliphatic rings. The normalized spacial score (nSPS) is 9.60. The first-order valence-electron chi connectivity index (χ1n) is 1.62. The van der Waals surface area contributed by atoms with E-state index in [4.69, 9.17) is 0 Å². The third-order valence-corrected chi connectivity index (χ3v) is 0.267. The fourth-order valence-electron chi connectivity index (χ4n) is 0. The summed E-state index contributed by atoms with van der Waals surface area (Å²) in [5.74, 6) is 0.838. The van der Waals surface area contributed by atoms with Crippen molar-refractivity contribution in [3.8, 4) is 0 Å². The second-order valence-corrected chi connectivity index (χ2v) is 1.34. The van der Waals surface area contributed by atoms with Crippen molar-refractivity contribution >= 4 is 0 Å². The molecule has 0 unspecified atom stereocenters. The molecule has 0 amide bonds. The maximum atomic E-state index is 11.1. The van der Waals surface area contributed by atoms with Crippen LogP contribution in [-0.4, -0.2) is 6.67 Å². The highest BCUT2D eigenvalue weighted by atomic mass is 19.1. The number of halogens is 1. The van der Waals surface area contributed by atoms with Crippen LogP contribution in [0.1, 0.15) is 13.8 Å². The van der Waals surface area contributed by atoms with Crippen LogP contribution < -0.4 is 0 Å². The lowest BCUT2D eigenvalue weighted by Crippen LogP contribution is -1.81. The van der Waals surface area contributed by atoms with Crippen LogP contribution in [0.25, 0.3) is 0 Å². The van der Waals surface area contributed by atoms with Crippen molar-refractivity contribution in [2.45, 2.75) is 13.8 Å². The Morgan fingerprint density at radius 1 is 1.60 bits per heavy atom. The summed E-state index contributed by atoms with van der Waals surface area (Å²) in [6, 6.07) is 0. The van der Waals surface area contributed by atoms with Gasteiger partial charge in [-0.05, 0) is 0 Å². The van der Waals surface area contributed by atoms with Gasteiger partial charge in [0, 0.05) is 5.92 Å². The Morgan fingerprint density at radius 3 is 1.80 bits per heavy atom. The smallest absolute Gasteiger partial charge is 0.0951 e. The number of hydrogen-bond acceptors (Lipinski definition) is 0. The molecule has 0 spiro atoms. The molecule has 0 rings (SSSR count). The van der Waals surface area contributed by atoms with Crippen LogP contribution in [0.15, 0.2) is 0 Å². The molecule has 0 aromatic rings. The molecule has 5 heavy (non-hydrogen) atoms. The van der Waals surface area contributed by atoms with Crippen LogP contribution >= 0.6 is 0 Å². The molecule has 0 aromatic carbocycles. The maximum absolute atomic E-state index is 11.1. The summed E-state index contributed by atoms with van der Waals surface area (Å²) >= 11 is 0. The SMILES string of the molecule is C[C](C)CF. The van der Waals surface area contributed by atoms with Gasteiger partial charge in [-0.25, -0.2) is 0 Å². The summed E-state index contributed by atoms with van der Waals surface area (Å²) in [4.78, 5) is 0. The van der Waals surface area contributed by atoms with Crippen molar-refractivity contribution in [1.29, 1.82) is 0 Å². The van der Waals surface area contributed by atoms with Gasteiger partial charge >= 0.3 is 0 Å². The van der Waals surface area contributed by atoms with E-state index in [1.54, 1.807) is 13.8 Å². The number of rotatable bonds is 1. The van der Waals surface area contributed by atoms with Crippen molar-refractivity contribution in [2.75, 3.05) is 6.67 Å². The molecule has 0 fully saturated rings. The Kier molecular flexibility index (Phi) is 2.15. The minimum absolute atomic E-state index is 0.278. The van der Waals surface area contributed by atoms with E-state index in [0.717, 1.165) is 5.92 Å². The maximum Gasteiger partial charge on any atom is 0.0951 e. The minimum atomic E-state index is -0.278. The van der Waals surface area contributed by atoms with E-state index in [-0.39, 0.29) is 6.67 Å². The van der Waals surface area contributed by atoms with Crippen LogP contribution in [0.2, 0.25) is 0 Å². The zero-order chi connectivity index (χ0) is 4.28. The van der Waals surface area contributed by atoms with E-state index < -0.39 is 0 Å². The van der Waals surface area contributed by atoms with Gasteiger partial charge in [0.25, 0.3) is 0 Å². The topological polar surface area (TPSA) is 0 Å². The quantitative estimate of drug-likeness (QED) is 0.443. The summed E-state index contributed by atoms with van der Waals surface area (Å²) in [7, 11) is 0. The number of alkyl halides is 1. The van der Waals surface area contributed by atoms with Crippen LogP contribution in [0, 0.1) is 5.92 Å². The Morgan fingerprint density at radius 2 is 1.80 bits per heavy atom. The molecule has 0 N–H and O–H groups in total. The largest absolute Gasteiger partial charge is 0.250 e. The van der Waals surface area contributed by atoms with Crippen molar-refractivity contribution in [1.82, 2.24) is 0 Å². The second kappa shape index (κ2) is 2.18. The first kappa shape index (κ1) is 4.93. The van der Waals surface area contributed by atoms with Gasteiger partial charge in [0.2, 0.25) is 0 Å². The zero-order valence-corrected chi connectivity index (χ0v) is 3.59. The molecule has 31 valence electrons. The Bertz CT molecular complexity index is 17.6. The first-order chi connectivity index (χ1) is 2.27. The van der Waals surface area contributed by atoms with Crippen LogP contribution in [-0.2, 0) is 0 Å². The molecule has 0 nitrogen and oxygen atoms in total. The van der Waals surface area contributed by atoms with Crippen molar-refractivity contribution < 1.29 is 4.39 Å². The fraction of sp³-hybridized carbons (Fsp3) is 0.750. The molecule has 0 heterocycles. The molecular formula is C4H8F. The highest BCUT2D eigenvalue weighted by Crippen LogP contribution is 1.91. The molecule has 0 bridgehead atoms. The third kappa shape index (κ3) is 3.93. The average molecular weight is 75.1 g/mol. The van der Waals surface area contributed by atoms with Gasteiger partial charge in [0.15, 0.2) is 0 Å². The van der Waals surface area contributed by atoms with Crippen LogP contribution in [0.3, 0.4) is 0 Å². The van der Waals surface area contributed by atoms with Gasteiger partial charge in [0.1, 0.15) is 0 Å². The van der Waals surface area contributed by atoms with Crippen molar-refractivity contribution in [2.24, 2.45) is 0 Å². The molecule has 0 saturated carbocycles. The number of hydrogen-bond donors (Lipinski definition) is 0. The Hall–Kier alpha value is -0.0700. The van der Waals surface area contributed by atoms with Crippen molar-refractivity contribution in [3.63, 3.8) is 0 Å². The lowest BCUT2D eigenvalue weighted by Gasteiger charge is -1.86. The third-order valence-electron chi connectivity index (χ3n) is 0.267. The van der Waals surface area contributed by atoms with E-state index in [1.807, 2.05) is 0 Å². The van der Waals surface area contributed by atoms with Gasteiger partial charge in [-0.1, -0.05) is 13.8 Å². The van der Waals surface area contributed by atoms with E-state index in [1.165, 1.54) is 0 Å². The molecule has 1 radical (unpaired) electrons. The predicted octanol–water partition coefficient (Wildman–Crippen LogP) is 1.57. The van der Waals surface area contributed by atoms with E-state index >= 15 is 0 Å². The van der Waals surface area contributed by atoms with Crippen LogP contribution in [0.4, 0.5) is 4.39 Å². The Labute approximate surface area is 32.0 Å². The Balaban J connectivity index is 2.54. The summed E-state index contributed by atoms with van der Waals surface area (Å²) in [5.41, 5.74) is 0. The zero-order valence-electron chi connectivity index (χ0n) is 3.59. The van der Waals surface area contributed by atoms with Crippen molar-refractivity contribution in [3.05, 3.63) is 5.92 Å². The monoisotopic (exact) mass is 75.1 g/mol. The summed E-state index contributed by atoms with van der Waals surface area (Å²) in [5, 5.41) is 0. The molecule has 0 aromatic heterocycles. The highest BCUT2D eigenvalue weighted by molar-refractivity contribution is 4.73. The van der Waals surface area contributed by atoms with Gasteiger partial charge in [-0.2, -0.15) is 0 Å². The lowest BCUT2D eigenvalue weighted by atomic mass is 10.3. The lowest BCUT2D eigenvalue weighted by molar-refractivity contribution is 0.509. The molecule has 0 aliphatic carbocycles. The molecule has 0 atom stereocenters. The molecule has 1 heteroatoms. The van der Waals surface area contributed by atoms with E-state index in [2.05, 4.69) is 0 Å². The molecular weight excluding hydrogens is 67.0 g/mol. The fourth-order valence-corrected chi connectivity index (χ4v) is 0. The van der Waals surface area contributed by atoms with Crippen LogP contribution in [0.5, 0.6) is 0 Å². The van der Waals surface area contributed by atoms with Gasteiger partial charge in [0.05, 0.1) is 6.67 Å². The second-order valence-electron chi connectivity index (χ2n) is 1.34. The first-order valence-corrected chi connectivity index (χ1v) is 1.62. The minimum Gasteiger partial charge on any atom is -0.250 e. The predicted molar refractivity (Wildman–Crippen MR) is 20.6 cm³/mol. The highest BCUT2D eigenvalue weighted by Gasteiger charge is 1.84. The molecule has 0 saturated heterocycles. The summed E-state index contributed by atoms with van der Waals surface area (Å²) < 4.78 is 11.1. The van der Waals surface area contributed by atoms with Gasteiger partial charge in [-0.15, -0.1) is 0 Å². The molecule has 0 aliphatic heterocycles. The van der Waals surface area contributed by atoms with Gasteiger partial charge in [-0.3, -0.25) is 4.39 Å².